The van der Waals surface area contributed by atoms with E-state index in [0.29, 0.717) is 16.4 Å². The van der Waals surface area contributed by atoms with Gasteiger partial charge in [0, 0.05) is 16.3 Å². The Bertz CT molecular complexity index is 1120. The zero-order chi connectivity index (χ0) is 18.8. The highest BCUT2D eigenvalue weighted by Crippen LogP contribution is 2.21. The normalized spacial score (nSPS) is 10.9. The third-order valence-corrected chi connectivity index (χ3v) is 4.39. The van der Waals surface area contributed by atoms with Crippen LogP contribution in [0.4, 0.5) is 5.69 Å². The van der Waals surface area contributed by atoms with Crippen molar-refractivity contribution in [3.05, 3.63) is 77.1 Å². The Kier molecular flexibility index (Phi) is 4.56. The van der Waals surface area contributed by atoms with Crippen molar-refractivity contribution in [2.24, 2.45) is 0 Å². The molecule has 0 unspecified atom stereocenters. The maximum absolute atomic E-state index is 12.3. The summed E-state index contributed by atoms with van der Waals surface area (Å²) in [5.74, 6) is 0.631. The second kappa shape index (κ2) is 7.17. The lowest BCUT2D eigenvalue weighted by Crippen LogP contribution is -2.14. The lowest BCUT2D eigenvalue weighted by molar-refractivity contribution is -0.115. The maximum atomic E-state index is 12.3. The molecule has 0 aliphatic carbocycles. The second-order valence-electron chi connectivity index (χ2n) is 6.17. The van der Waals surface area contributed by atoms with Gasteiger partial charge in [0.2, 0.25) is 5.91 Å². The van der Waals surface area contributed by atoms with Gasteiger partial charge < -0.3 is 5.32 Å². The SMILES string of the molecule is Cc1nnc2ccc(-c3cccc(NC(=O)Cc4ccc(Cl)cc4)c3)nn12. The minimum Gasteiger partial charge on any atom is -0.326 e. The predicted octanol–water partition coefficient (Wildman–Crippen LogP) is 3.93. The van der Waals surface area contributed by atoms with Gasteiger partial charge in [-0.15, -0.1) is 10.2 Å². The van der Waals surface area contributed by atoms with Gasteiger partial charge in [0.15, 0.2) is 11.5 Å². The van der Waals surface area contributed by atoms with Crippen molar-refractivity contribution in [2.45, 2.75) is 13.3 Å². The number of nitrogens with zero attached hydrogens (tertiary/aromatic N) is 4. The van der Waals surface area contributed by atoms with Gasteiger partial charge >= 0.3 is 0 Å². The molecular formula is C20H16ClN5O. The zero-order valence-corrected chi connectivity index (χ0v) is 15.3. The molecule has 134 valence electrons. The number of hydrogen-bond donors (Lipinski definition) is 1. The Morgan fingerprint density at radius 2 is 1.89 bits per heavy atom. The van der Waals surface area contributed by atoms with E-state index < -0.39 is 0 Å². The summed E-state index contributed by atoms with van der Waals surface area (Å²) in [6.07, 6.45) is 0.283. The van der Waals surface area contributed by atoms with Gasteiger partial charge in [0.1, 0.15) is 0 Å². The number of hydrogen-bond acceptors (Lipinski definition) is 4. The molecule has 1 N–H and O–H groups in total. The number of halogens is 1. The molecule has 0 atom stereocenters. The molecule has 2 aromatic carbocycles. The van der Waals surface area contributed by atoms with Crippen LogP contribution in [0.15, 0.2) is 60.7 Å². The summed E-state index contributed by atoms with van der Waals surface area (Å²) in [6, 6.07) is 18.6. The molecule has 0 saturated heterocycles. The van der Waals surface area contributed by atoms with Crippen LogP contribution >= 0.6 is 11.6 Å². The van der Waals surface area contributed by atoms with Crippen molar-refractivity contribution in [1.29, 1.82) is 0 Å². The zero-order valence-electron chi connectivity index (χ0n) is 14.6. The predicted molar refractivity (Wildman–Crippen MR) is 105 cm³/mol. The van der Waals surface area contributed by atoms with E-state index in [0.717, 1.165) is 22.6 Å². The lowest BCUT2D eigenvalue weighted by atomic mass is 10.1. The third-order valence-electron chi connectivity index (χ3n) is 4.14. The number of carbonyl (C=O) groups is 1. The number of nitrogens with one attached hydrogen (secondary N) is 1. The van der Waals surface area contributed by atoms with E-state index in [1.54, 1.807) is 16.6 Å². The van der Waals surface area contributed by atoms with E-state index in [9.17, 15) is 4.79 Å². The number of aromatic nitrogens is 4. The molecule has 0 aliphatic rings. The summed E-state index contributed by atoms with van der Waals surface area (Å²) in [4.78, 5) is 12.3. The van der Waals surface area contributed by atoms with E-state index in [-0.39, 0.29) is 12.3 Å². The topological polar surface area (TPSA) is 72.2 Å². The molecule has 2 heterocycles. The quantitative estimate of drug-likeness (QED) is 0.584. The number of aryl methyl sites for hydroxylation is 1. The summed E-state index contributed by atoms with van der Waals surface area (Å²) in [5, 5.41) is 16.2. The van der Waals surface area contributed by atoms with Gasteiger partial charge in [-0.2, -0.15) is 9.61 Å². The van der Waals surface area contributed by atoms with Crippen molar-refractivity contribution in [3.63, 3.8) is 0 Å². The Morgan fingerprint density at radius 3 is 2.70 bits per heavy atom. The van der Waals surface area contributed by atoms with Crippen molar-refractivity contribution in [2.75, 3.05) is 5.32 Å². The van der Waals surface area contributed by atoms with E-state index in [4.69, 9.17) is 11.6 Å². The molecule has 4 rings (SSSR count). The van der Waals surface area contributed by atoms with E-state index >= 15 is 0 Å². The van der Waals surface area contributed by atoms with Crippen molar-refractivity contribution < 1.29 is 4.79 Å². The molecular weight excluding hydrogens is 362 g/mol. The van der Waals surface area contributed by atoms with E-state index in [1.165, 1.54) is 0 Å². The van der Waals surface area contributed by atoms with Crippen LogP contribution < -0.4 is 5.32 Å². The lowest BCUT2D eigenvalue weighted by Gasteiger charge is -2.08. The number of amides is 1. The van der Waals surface area contributed by atoms with Gasteiger partial charge in [0.05, 0.1) is 12.1 Å². The van der Waals surface area contributed by atoms with Gasteiger partial charge in [-0.1, -0.05) is 35.9 Å². The largest absolute Gasteiger partial charge is 0.326 e. The standard InChI is InChI=1S/C20H16ClN5O/c1-13-23-24-19-10-9-18(25-26(13)19)15-3-2-4-17(12-15)22-20(27)11-14-5-7-16(21)8-6-14/h2-10,12H,11H2,1H3,(H,22,27). The van der Waals surface area contributed by atoms with Gasteiger partial charge in [-0.3, -0.25) is 4.79 Å². The van der Waals surface area contributed by atoms with Crippen molar-refractivity contribution >= 4 is 28.8 Å². The Hall–Kier alpha value is -3.25. The number of anilines is 1. The molecule has 6 nitrogen and oxygen atoms in total. The summed E-state index contributed by atoms with van der Waals surface area (Å²) in [6.45, 7) is 1.85. The van der Waals surface area contributed by atoms with Gasteiger partial charge in [-0.05, 0) is 48.9 Å². The van der Waals surface area contributed by atoms with Crippen LogP contribution in [-0.4, -0.2) is 25.7 Å². The number of rotatable bonds is 4. The first kappa shape index (κ1) is 17.2. The summed E-state index contributed by atoms with van der Waals surface area (Å²) in [5.41, 5.74) is 3.99. The molecule has 27 heavy (non-hydrogen) atoms. The second-order valence-corrected chi connectivity index (χ2v) is 6.60. The summed E-state index contributed by atoms with van der Waals surface area (Å²) < 4.78 is 1.70. The molecule has 0 fully saturated rings. The number of fused-ring (bicyclic) bond motifs is 1. The van der Waals surface area contributed by atoms with Crippen LogP contribution in [-0.2, 0) is 11.2 Å². The third kappa shape index (κ3) is 3.80. The fraction of sp³-hybridized carbons (Fsp3) is 0.100. The molecule has 0 aliphatic heterocycles. The Balaban J connectivity index is 1.53. The maximum Gasteiger partial charge on any atom is 0.228 e. The van der Waals surface area contributed by atoms with E-state index in [1.807, 2.05) is 55.5 Å². The number of carbonyl (C=O) groups excluding carboxylic acids is 1. The van der Waals surface area contributed by atoms with E-state index in [2.05, 4.69) is 20.6 Å². The molecule has 1 amide bonds. The average molecular weight is 378 g/mol. The van der Waals surface area contributed by atoms with Crippen LogP contribution in [0.25, 0.3) is 16.9 Å². The fourth-order valence-corrected chi connectivity index (χ4v) is 2.93. The number of benzene rings is 2. The molecule has 0 radical (unpaired) electrons. The molecule has 0 saturated carbocycles. The Morgan fingerprint density at radius 1 is 1.07 bits per heavy atom. The van der Waals surface area contributed by atoms with Crippen molar-refractivity contribution in [3.8, 4) is 11.3 Å². The van der Waals surface area contributed by atoms with Crippen LogP contribution in [0.2, 0.25) is 5.02 Å². The first-order valence-electron chi connectivity index (χ1n) is 8.42. The highest BCUT2D eigenvalue weighted by molar-refractivity contribution is 6.30. The Labute approximate surface area is 160 Å². The first-order valence-corrected chi connectivity index (χ1v) is 8.80. The summed E-state index contributed by atoms with van der Waals surface area (Å²) in [7, 11) is 0. The molecule has 2 aromatic heterocycles. The van der Waals surface area contributed by atoms with Gasteiger partial charge in [0.25, 0.3) is 0 Å². The molecule has 4 aromatic rings. The minimum atomic E-state index is -0.0902. The highest BCUT2D eigenvalue weighted by Gasteiger charge is 2.08. The van der Waals surface area contributed by atoms with Crippen LogP contribution in [0, 0.1) is 6.92 Å². The highest BCUT2D eigenvalue weighted by atomic mass is 35.5. The average Bonchev–Trinajstić information content (AvgIpc) is 3.04. The smallest absolute Gasteiger partial charge is 0.228 e. The molecule has 0 bridgehead atoms. The van der Waals surface area contributed by atoms with Gasteiger partial charge in [-0.25, -0.2) is 0 Å². The van der Waals surface area contributed by atoms with Crippen LogP contribution in [0.3, 0.4) is 0 Å². The van der Waals surface area contributed by atoms with Crippen molar-refractivity contribution in [1.82, 2.24) is 19.8 Å². The first-order chi connectivity index (χ1) is 13.1. The minimum absolute atomic E-state index is 0.0902. The fourth-order valence-electron chi connectivity index (χ4n) is 2.80. The molecule has 0 spiro atoms. The van der Waals surface area contributed by atoms with Crippen LogP contribution in [0.1, 0.15) is 11.4 Å². The monoisotopic (exact) mass is 377 g/mol. The summed E-state index contributed by atoms with van der Waals surface area (Å²) >= 11 is 5.88. The van der Waals surface area contributed by atoms with Crippen LogP contribution in [0.5, 0.6) is 0 Å². The molecule has 7 heteroatoms.